The third-order valence-electron chi connectivity index (χ3n) is 6.55. The van der Waals surface area contributed by atoms with Gasteiger partial charge in [0.25, 0.3) is 11.4 Å². The molecule has 0 saturated carbocycles. The normalized spacial score (nSPS) is 12.4. The third kappa shape index (κ3) is 5.84. The summed E-state index contributed by atoms with van der Waals surface area (Å²) in [4.78, 5) is 43.8. The summed E-state index contributed by atoms with van der Waals surface area (Å²) in [5.41, 5.74) is 0.660. The molecule has 1 atom stereocenters. The minimum Gasteiger partial charge on any atom is -0.417 e. The van der Waals surface area contributed by atoms with Crippen molar-refractivity contribution in [2.24, 2.45) is 5.92 Å². The highest BCUT2D eigenvalue weighted by atomic mass is 19.1. The second-order valence-electron chi connectivity index (χ2n) is 10.2. The van der Waals surface area contributed by atoms with Crippen molar-refractivity contribution in [2.45, 2.75) is 52.6 Å². The number of hydrogen-bond donors (Lipinski definition) is 1. The number of amides is 1. The van der Waals surface area contributed by atoms with E-state index in [1.807, 2.05) is 32.0 Å². The maximum absolute atomic E-state index is 13.4. The summed E-state index contributed by atoms with van der Waals surface area (Å²) in [6.07, 6.45) is 1.47. The molecule has 1 N–H and O–H groups in total. The minimum absolute atomic E-state index is 0.177. The van der Waals surface area contributed by atoms with Crippen LogP contribution in [0.1, 0.15) is 55.4 Å². The molecule has 10 heteroatoms. The van der Waals surface area contributed by atoms with Gasteiger partial charge >= 0.3 is 0 Å². The van der Waals surface area contributed by atoms with Gasteiger partial charge in [-0.2, -0.15) is 0 Å². The maximum Gasteiger partial charge on any atom is 0.286 e. The fourth-order valence-corrected chi connectivity index (χ4v) is 4.15. The summed E-state index contributed by atoms with van der Waals surface area (Å²) in [5.74, 6) is -1.51. The van der Waals surface area contributed by atoms with Crippen molar-refractivity contribution in [3.63, 3.8) is 0 Å². The molecule has 0 fully saturated rings. The van der Waals surface area contributed by atoms with Crippen LogP contribution < -0.4 is 10.9 Å². The SMILES string of the molecule is Cc1cnc(-c2ccccc2)n(CC(=O)N[C@H](C(=O)c2nnc(C(C)(C)c3ccc(F)cc3)o2)C(C)C)c1=O. The summed E-state index contributed by atoms with van der Waals surface area (Å²) >= 11 is 0. The van der Waals surface area contributed by atoms with Gasteiger partial charge in [0.2, 0.25) is 17.6 Å². The molecule has 0 aliphatic rings. The molecule has 0 bridgehead atoms. The van der Waals surface area contributed by atoms with Crippen LogP contribution in [-0.2, 0) is 16.8 Å². The van der Waals surface area contributed by atoms with E-state index in [0.29, 0.717) is 17.0 Å². The fraction of sp³-hybridized carbons (Fsp3) is 0.310. The van der Waals surface area contributed by atoms with Crippen LogP contribution in [-0.4, -0.2) is 37.5 Å². The van der Waals surface area contributed by atoms with Gasteiger partial charge in [-0.15, -0.1) is 10.2 Å². The largest absolute Gasteiger partial charge is 0.417 e. The predicted octanol–water partition coefficient (Wildman–Crippen LogP) is 4.09. The van der Waals surface area contributed by atoms with E-state index in [-0.39, 0.29) is 35.6 Å². The van der Waals surface area contributed by atoms with Crippen molar-refractivity contribution in [3.05, 3.63) is 99.9 Å². The van der Waals surface area contributed by atoms with E-state index in [9.17, 15) is 18.8 Å². The molecule has 1 amide bonds. The summed E-state index contributed by atoms with van der Waals surface area (Å²) < 4.78 is 20.4. The Morgan fingerprint density at radius 2 is 1.72 bits per heavy atom. The van der Waals surface area contributed by atoms with Crippen molar-refractivity contribution in [1.29, 1.82) is 0 Å². The number of aromatic nitrogens is 4. The average molecular weight is 532 g/mol. The lowest BCUT2D eigenvalue weighted by atomic mass is 9.84. The Hall–Kier alpha value is -4.47. The van der Waals surface area contributed by atoms with Crippen LogP contribution in [0.5, 0.6) is 0 Å². The maximum atomic E-state index is 13.4. The molecule has 4 aromatic rings. The summed E-state index contributed by atoms with van der Waals surface area (Å²) in [6, 6.07) is 14.0. The Labute approximate surface area is 225 Å². The van der Waals surface area contributed by atoms with Crippen LogP contribution >= 0.6 is 0 Å². The lowest BCUT2D eigenvalue weighted by molar-refractivity contribution is -0.122. The lowest BCUT2D eigenvalue weighted by Gasteiger charge is -2.21. The van der Waals surface area contributed by atoms with Crippen molar-refractivity contribution in [2.75, 3.05) is 0 Å². The predicted molar refractivity (Wildman–Crippen MR) is 143 cm³/mol. The Bertz CT molecular complexity index is 1540. The summed E-state index contributed by atoms with van der Waals surface area (Å²) in [6.45, 7) is 8.49. The first-order chi connectivity index (χ1) is 18.5. The van der Waals surface area contributed by atoms with Gasteiger partial charge in [0, 0.05) is 17.3 Å². The number of halogens is 1. The van der Waals surface area contributed by atoms with Crippen LogP contribution in [0.2, 0.25) is 0 Å². The van der Waals surface area contributed by atoms with Crippen molar-refractivity contribution < 1.29 is 18.4 Å². The number of nitrogens with zero attached hydrogens (tertiary/aromatic N) is 4. The molecule has 39 heavy (non-hydrogen) atoms. The van der Waals surface area contributed by atoms with Crippen LogP contribution in [0.15, 0.2) is 70.0 Å². The zero-order chi connectivity index (χ0) is 28.3. The van der Waals surface area contributed by atoms with Gasteiger partial charge in [0.1, 0.15) is 18.2 Å². The van der Waals surface area contributed by atoms with E-state index in [2.05, 4.69) is 20.5 Å². The monoisotopic (exact) mass is 531 g/mol. The lowest BCUT2D eigenvalue weighted by Crippen LogP contribution is -2.46. The zero-order valence-corrected chi connectivity index (χ0v) is 22.4. The molecule has 0 unspecified atom stereocenters. The highest BCUT2D eigenvalue weighted by Gasteiger charge is 2.34. The first-order valence-electron chi connectivity index (χ1n) is 12.5. The number of carbonyl (C=O) groups is 2. The van der Waals surface area contributed by atoms with E-state index >= 15 is 0 Å². The number of ketones is 1. The van der Waals surface area contributed by atoms with E-state index < -0.39 is 23.1 Å². The first-order valence-corrected chi connectivity index (χ1v) is 12.5. The van der Waals surface area contributed by atoms with E-state index in [4.69, 9.17) is 4.42 Å². The van der Waals surface area contributed by atoms with Crippen molar-refractivity contribution >= 4 is 11.7 Å². The number of nitrogens with one attached hydrogen (secondary N) is 1. The van der Waals surface area contributed by atoms with Gasteiger partial charge in [-0.3, -0.25) is 19.0 Å². The molecule has 0 saturated heterocycles. The third-order valence-corrected chi connectivity index (χ3v) is 6.55. The Kier molecular flexibility index (Phi) is 7.85. The average Bonchev–Trinajstić information content (AvgIpc) is 3.42. The summed E-state index contributed by atoms with van der Waals surface area (Å²) in [5, 5.41) is 10.7. The van der Waals surface area contributed by atoms with Gasteiger partial charge in [-0.25, -0.2) is 9.37 Å². The minimum atomic E-state index is -0.978. The first kappa shape index (κ1) is 27.6. The smallest absolute Gasteiger partial charge is 0.286 e. The Balaban J connectivity index is 1.56. The molecule has 0 spiro atoms. The molecule has 0 aliphatic carbocycles. The van der Waals surface area contributed by atoms with Crippen molar-refractivity contribution in [1.82, 2.24) is 25.1 Å². The number of rotatable bonds is 9. The van der Waals surface area contributed by atoms with Gasteiger partial charge in [-0.05, 0) is 44.4 Å². The molecule has 4 rings (SSSR count). The van der Waals surface area contributed by atoms with Crippen LogP contribution in [0.4, 0.5) is 4.39 Å². The highest BCUT2D eigenvalue weighted by Crippen LogP contribution is 2.30. The van der Waals surface area contributed by atoms with Gasteiger partial charge in [0.15, 0.2) is 0 Å². The molecule has 2 heterocycles. The molecule has 9 nitrogen and oxygen atoms in total. The quantitative estimate of drug-likeness (QED) is 0.323. The molecule has 202 valence electrons. The Morgan fingerprint density at radius 1 is 1.05 bits per heavy atom. The van der Waals surface area contributed by atoms with E-state index in [1.54, 1.807) is 45.0 Å². The molecule has 0 radical (unpaired) electrons. The zero-order valence-electron chi connectivity index (χ0n) is 22.4. The number of carbonyl (C=O) groups excluding carboxylic acids is 2. The van der Waals surface area contributed by atoms with Crippen LogP contribution in [0, 0.1) is 18.7 Å². The molecular formula is C29H30FN5O4. The standard InChI is InChI=1S/C29H30FN5O4/c1-17(2)23(24(37)26-33-34-28(39-26)29(4,5)20-11-13-21(30)14-12-20)32-22(36)16-35-25(19-9-7-6-8-10-19)31-15-18(3)27(35)38/h6-15,17,23H,16H2,1-5H3,(H,32,36)/t23-/m0/s1. The number of aryl methyl sites for hydroxylation is 1. The van der Waals surface area contributed by atoms with Gasteiger partial charge in [-0.1, -0.05) is 56.3 Å². The summed E-state index contributed by atoms with van der Waals surface area (Å²) in [7, 11) is 0. The number of hydrogen-bond acceptors (Lipinski definition) is 7. The van der Waals surface area contributed by atoms with Crippen molar-refractivity contribution in [3.8, 4) is 11.4 Å². The van der Waals surface area contributed by atoms with Gasteiger partial charge < -0.3 is 9.73 Å². The Morgan fingerprint density at radius 3 is 2.36 bits per heavy atom. The second kappa shape index (κ2) is 11.1. The van der Waals surface area contributed by atoms with E-state index in [0.717, 1.165) is 5.56 Å². The van der Waals surface area contributed by atoms with Crippen LogP contribution in [0.3, 0.4) is 0 Å². The number of benzene rings is 2. The highest BCUT2D eigenvalue weighted by molar-refractivity contribution is 5.98. The molecule has 0 aliphatic heterocycles. The molecule has 2 aromatic heterocycles. The van der Waals surface area contributed by atoms with Crippen LogP contribution in [0.25, 0.3) is 11.4 Å². The number of Topliss-reactive ketones (excluding diaryl/α,β-unsaturated/α-hetero) is 1. The van der Waals surface area contributed by atoms with E-state index in [1.165, 1.54) is 22.9 Å². The molecule has 2 aromatic carbocycles. The second-order valence-corrected chi connectivity index (χ2v) is 10.2. The topological polar surface area (TPSA) is 120 Å². The van der Waals surface area contributed by atoms with Gasteiger partial charge in [0.05, 0.1) is 11.5 Å². The molecular weight excluding hydrogens is 501 g/mol. The fourth-order valence-electron chi connectivity index (χ4n) is 4.15.